The maximum absolute atomic E-state index is 13.6. The van der Waals surface area contributed by atoms with Gasteiger partial charge >= 0.3 is 0 Å². The van der Waals surface area contributed by atoms with E-state index in [1.165, 1.54) is 11.3 Å². The third-order valence-electron chi connectivity index (χ3n) is 5.93. The van der Waals surface area contributed by atoms with Crippen LogP contribution in [-0.4, -0.2) is 35.9 Å². The van der Waals surface area contributed by atoms with Crippen molar-refractivity contribution in [2.75, 3.05) is 18.1 Å². The number of carbonyl (C=O) groups excluding carboxylic acids is 2. The summed E-state index contributed by atoms with van der Waals surface area (Å²) in [4.78, 5) is 32.9. The summed E-state index contributed by atoms with van der Waals surface area (Å²) in [5.41, 5.74) is 3.71. The Balaban J connectivity index is 1.45. The quantitative estimate of drug-likeness (QED) is 0.351. The largest absolute Gasteiger partial charge is 0.376 e. The number of ether oxygens (including phenoxy) is 1. The summed E-state index contributed by atoms with van der Waals surface area (Å²) in [6, 6.07) is 22.1. The molecule has 5 rings (SSSR count). The number of benzene rings is 3. The molecule has 1 fully saturated rings. The average Bonchev–Trinajstić information content (AvgIpc) is 3.53. The van der Waals surface area contributed by atoms with Gasteiger partial charge in [-0.2, -0.15) is 0 Å². The van der Waals surface area contributed by atoms with E-state index >= 15 is 0 Å². The molecule has 2 heterocycles. The second-order valence-corrected chi connectivity index (χ2v) is 9.25. The van der Waals surface area contributed by atoms with Gasteiger partial charge in [0.1, 0.15) is 0 Å². The molecular formula is C27H24N2O3S. The minimum Gasteiger partial charge on any atom is -0.376 e. The van der Waals surface area contributed by atoms with Crippen LogP contribution in [0.2, 0.25) is 0 Å². The molecule has 1 aliphatic heterocycles. The van der Waals surface area contributed by atoms with Crippen LogP contribution in [0.15, 0.2) is 72.8 Å². The molecule has 0 N–H and O–H groups in total. The van der Waals surface area contributed by atoms with Crippen molar-refractivity contribution in [2.24, 2.45) is 0 Å². The normalized spacial score (nSPS) is 15.6. The number of ketones is 1. The van der Waals surface area contributed by atoms with Gasteiger partial charge in [-0.3, -0.25) is 14.5 Å². The molecule has 0 bridgehead atoms. The van der Waals surface area contributed by atoms with Crippen LogP contribution >= 0.6 is 11.3 Å². The molecule has 1 saturated heterocycles. The van der Waals surface area contributed by atoms with Gasteiger partial charge < -0.3 is 4.74 Å². The number of nitrogens with zero attached hydrogens (tertiary/aromatic N) is 2. The van der Waals surface area contributed by atoms with Crippen LogP contribution in [0.3, 0.4) is 0 Å². The molecule has 1 aromatic heterocycles. The van der Waals surface area contributed by atoms with Crippen molar-refractivity contribution in [2.45, 2.75) is 25.9 Å². The highest BCUT2D eigenvalue weighted by Gasteiger charge is 2.27. The predicted molar refractivity (Wildman–Crippen MR) is 131 cm³/mol. The second kappa shape index (κ2) is 9.25. The van der Waals surface area contributed by atoms with Crippen LogP contribution < -0.4 is 4.90 Å². The van der Waals surface area contributed by atoms with Gasteiger partial charge in [0.05, 0.1) is 22.9 Å². The SMILES string of the molecule is Cc1cccc2sc(N(CC3CCCO3)C(=O)c3ccc(C(=O)c4ccccc4)cc3)nc12. The van der Waals surface area contributed by atoms with Crippen LogP contribution in [0, 0.1) is 6.92 Å². The van der Waals surface area contributed by atoms with E-state index in [1.807, 2.05) is 43.3 Å². The highest BCUT2D eigenvalue weighted by molar-refractivity contribution is 7.22. The van der Waals surface area contributed by atoms with Crippen molar-refractivity contribution < 1.29 is 14.3 Å². The fourth-order valence-electron chi connectivity index (χ4n) is 4.11. The zero-order chi connectivity index (χ0) is 22.8. The summed E-state index contributed by atoms with van der Waals surface area (Å²) < 4.78 is 6.88. The van der Waals surface area contributed by atoms with Gasteiger partial charge in [-0.05, 0) is 43.5 Å². The number of hydrogen-bond acceptors (Lipinski definition) is 5. The van der Waals surface area contributed by atoms with E-state index in [9.17, 15) is 9.59 Å². The van der Waals surface area contributed by atoms with E-state index < -0.39 is 0 Å². The molecule has 3 aromatic carbocycles. The number of fused-ring (bicyclic) bond motifs is 1. The van der Waals surface area contributed by atoms with Gasteiger partial charge in [-0.15, -0.1) is 0 Å². The molecule has 6 heteroatoms. The predicted octanol–water partition coefficient (Wildman–Crippen LogP) is 5.66. The number of aromatic nitrogens is 1. The lowest BCUT2D eigenvalue weighted by Gasteiger charge is -2.23. The zero-order valence-corrected chi connectivity index (χ0v) is 19.2. The highest BCUT2D eigenvalue weighted by atomic mass is 32.1. The maximum Gasteiger partial charge on any atom is 0.260 e. The Morgan fingerprint density at radius 1 is 0.970 bits per heavy atom. The number of aryl methyl sites for hydroxylation is 1. The number of para-hydroxylation sites is 1. The molecule has 33 heavy (non-hydrogen) atoms. The summed E-state index contributed by atoms with van der Waals surface area (Å²) in [7, 11) is 0. The molecule has 1 atom stereocenters. The Kier molecular flexibility index (Phi) is 6.03. The summed E-state index contributed by atoms with van der Waals surface area (Å²) in [5, 5.41) is 0.671. The number of amides is 1. The first-order chi connectivity index (χ1) is 16.1. The van der Waals surface area contributed by atoms with Crippen molar-refractivity contribution >= 4 is 38.4 Å². The fraction of sp³-hybridized carbons (Fsp3) is 0.222. The number of anilines is 1. The van der Waals surface area contributed by atoms with Gasteiger partial charge in [0.15, 0.2) is 10.9 Å². The topological polar surface area (TPSA) is 59.5 Å². The van der Waals surface area contributed by atoms with Gasteiger partial charge in [0, 0.05) is 23.3 Å². The van der Waals surface area contributed by atoms with E-state index in [2.05, 4.69) is 0 Å². The molecule has 0 saturated carbocycles. The minimum absolute atomic E-state index is 0.000917. The smallest absolute Gasteiger partial charge is 0.260 e. The highest BCUT2D eigenvalue weighted by Crippen LogP contribution is 2.32. The van der Waals surface area contributed by atoms with Crippen LogP contribution in [0.25, 0.3) is 10.2 Å². The Morgan fingerprint density at radius 2 is 1.70 bits per heavy atom. The molecule has 4 aromatic rings. The molecule has 1 amide bonds. The lowest BCUT2D eigenvalue weighted by Crippen LogP contribution is -2.37. The fourth-order valence-corrected chi connectivity index (χ4v) is 5.16. The third kappa shape index (κ3) is 4.45. The van der Waals surface area contributed by atoms with Gasteiger partial charge in [0.25, 0.3) is 5.91 Å². The van der Waals surface area contributed by atoms with E-state index in [-0.39, 0.29) is 17.8 Å². The summed E-state index contributed by atoms with van der Waals surface area (Å²) in [6.07, 6.45) is 1.93. The third-order valence-corrected chi connectivity index (χ3v) is 6.97. The van der Waals surface area contributed by atoms with Crippen LogP contribution in [-0.2, 0) is 4.74 Å². The molecule has 0 spiro atoms. The van der Waals surface area contributed by atoms with E-state index in [0.717, 1.165) is 35.2 Å². The molecule has 0 aliphatic carbocycles. The van der Waals surface area contributed by atoms with Crippen LogP contribution in [0.5, 0.6) is 0 Å². The monoisotopic (exact) mass is 456 g/mol. The first kappa shape index (κ1) is 21.5. The Bertz CT molecular complexity index is 1290. The molecule has 1 aliphatic rings. The van der Waals surface area contributed by atoms with Crippen LogP contribution in [0.1, 0.15) is 44.7 Å². The molecule has 0 radical (unpaired) electrons. The lowest BCUT2D eigenvalue weighted by atomic mass is 10.0. The van der Waals surface area contributed by atoms with Crippen molar-refractivity contribution in [1.29, 1.82) is 0 Å². The zero-order valence-electron chi connectivity index (χ0n) is 18.4. The average molecular weight is 457 g/mol. The van der Waals surface area contributed by atoms with E-state index in [0.29, 0.717) is 28.4 Å². The second-order valence-electron chi connectivity index (χ2n) is 8.24. The van der Waals surface area contributed by atoms with Crippen LogP contribution in [0.4, 0.5) is 5.13 Å². The molecular weight excluding hydrogens is 432 g/mol. The Morgan fingerprint density at radius 3 is 2.39 bits per heavy atom. The first-order valence-corrected chi connectivity index (χ1v) is 11.9. The van der Waals surface area contributed by atoms with Gasteiger partial charge in [-0.25, -0.2) is 4.98 Å². The number of carbonyl (C=O) groups is 2. The number of thiazole rings is 1. The Hall–Kier alpha value is -3.35. The summed E-state index contributed by atoms with van der Waals surface area (Å²) >= 11 is 1.52. The van der Waals surface area contributed by atoms with Gasteiger partial charge in [0.2, 0.25) is 0 Å². The maximum atomic E-state index is 13.6. The molecule has 166 valence electrons. The first-order valence-electron chi connectivity index (χ1n) is 11.1. The lowest BCUT2D eigenvalue weighted by molar-refractivity contribution is 0.0917. The molecule has 1 unspecified atom stereocenters. The summed E-state index contributed by atoms with van der Waals surface area (Å²) in [5.74, 6) is -0.201. The number of rotatable bonds is 6. The van der Waals surface area contributed by atoms with E-state index in [4.69, 9.17) is 9.72 Å². The number of hydrogen-bond donors (Lipinski definition) is 0. The van der Waals surface area contributed by atoms with Crippen molar-refractivity contribution in [3.63, 3.8) is 0 Å². The molecule has 5 nitrogen and oxygen atoms in total. The van der Waals surface area contributed by atoms with Gasteiger partial charge in [-0.1, -0.05) is 65.9 Å². The standard InChI is InChI=1S/C27H24N2O3S/c1-18-7-5-11-23-24(18)28-27(33-23)29(17-22-10-6-16-32-22)26(31)21-14-12-20(13-15-21)25(30)19-8-3-2-4-9-19/h2-5,7-9,11-15,22H,6,10,16-17H2,1H3. The minimum atomic E-state index is -0.138. The summed E-state index contributed by atoms with van der Waals surface area (Å²) in [6.45, 7) is 3.21. The van der Waals surface area contributed by atoms with E-state index in [1.54, 1.807) is 41.3 Å². The van der Waals surface area contributed by atoms with Crippen molar-refractivity contribution in [3.8, 4) is 0 Å². The van der Waals surface area contributed by atoms with Crippen molar-refractivity contribution in [3.05, 3.63) is 95.1 Å². The van der Waals surface area contributed by atoms with Crippen molar-refractivity contribution in [1.82, 2.24) is 4.98 Å². The Labute approximate surface area is 196 Å².